The van der Waals surface area contributed by atoms with Crippen LogP contribution in [0.15, 0.2) is 0 Å². The van der Waals surface area contributed by atoms with Crippen LogP contribution in [0.5, 0.6) is 0 Å². The highest BCUT2D eigenvalue weighted by Crippen LogP contribution is 2.14. The molecule has 0 aromatic rings. The molecule has 1 atom stereocenters. The lowest BCUT2D eigenvalue weighted by molar-refractivity contribution is -0.137. The van der Waals surface area contributed by atoms with Crippen molar-refractivity contribution in [2.45, 2.75) is 134 Å². The highest BCUT2D eigenvalue weighted by Gasteiger charge is 2.11. The predicted molar refractivity (Wildman–Crippen MR) is 127 cm³/mol. The predicted octanol–water partition coefficient (Wildman–Crippen LogP) is 6.70. The first kappa shape index (κ1) is 28.5. The summed E-state index contributed by atoms with van der Waals surface area (Å²) in [5.74, 6) is 0.221. The zero-order valence-electron chi connectivity index (χ0n) is 18.7. The van der Waals surface area contributed by atoms with Crippen molar-refractivity contribution in [3.63, 3.8) is 0 Å². The monoisotopic (exact) mass is 429 g/mol. The molecule has 5 heteroatoms. The smallest absolute Gasteiger partial charge is 0.303 e. The summed E-state index contributed by atoms with van der Waals surface area (Å²) in [5.41, 5.74) is 5.80. The highest BCUT2D eigenvalue weighted by atomic mass is 32.1. The molecule has 1 unspecified atom stereocenters. The number of hydrogen-bond donors (Lipinski definition) is 3. The van der Waals surface area contributed by atoms with Gasteiger partial charge in [0.1, 0.15) is 5.78 Å². The molecule has 0 bridgehead atoms. The van der Waals surface area contributed by atoms with Crippen molar-refractivity contribution in [2.75, 3.05) is 5.75 Å². The van der Waals surface area contributed by atoms with Gasteiger partial charge in [-0.25, -0.2) is 0 Å². The zero-order valence-corrected chi connectivity index (χ0v) is 19.6. The van der Waals surface area contributed by atoms with Gasteiger partial charge < -0.3 is 10.8 Å². The number of rotatable bonds is 23. The van der Waals surface area contributed by atoms with Gasteiger partial charge in [0.05, 0.1) is 6.04 Å². The Hall–Kier alpha value is -0.550. The molecule has 0 aliphatic heterocycles. The molecule has 0 heterocycles. The van der Waals surface area contributed by atoms with E-state index in [9.17, 15) is 9.59 Å². The minimum Gasteiger partial charge on any atom is -0.481 e. The number of carboxylic acid groups (broad SMARTS) is 1. The van der Waals surface area contributed by atoms with Crippen LogP contribution >= 0.6 is 12.6 Å². The van der Waals surface area contributed by atoms with E-state index < -0.39 is 5.97 Å². The normalized spacial score (nSPS) is 12.2. The maximum absolute atomic E-state index is 11.7. The Kier molecular flexibility index (Phi) is 21.7. The number of aliphatic carboxylic acids is 1. The van der Waals surface area contributed by atoms with Crippen molar-refractivity contribution < 1.29 is 14.7 Å². The summed E-state index contributed by atoms with van der Waals surface area (Å²) in [7, 11) is 0. The second kappa shape index (κ2) is 22.1. The maximum Gasteiger partial charge on any atom is 0.303 e. The Morgan fingerprint density at radius 3 is 1.24 bits per heavy atom. The SMILES string of the molecule is NC(CCS)C(=O)CCCCCCCCCCCCCCCCCCCC(=O)O. The largest absolute Gasteiger partial charge is 0.481 e. The standard InChI is InChI=1S/C24H47NO3S/c25-22(20-21-29)23(26)18-16-14-12-10-8-6-4-2-1-3-5-7-9-11-13-15-17-19-24(27)28/h22,29H,1-21,25H2,(H,27,28). The molecule has 4 nitrogen and oxygen atoms in total. The van der Waals surface area contributed by atoms with Crippen LogP contribution in [-0.2, 0) is 9.59 Å². The minimum atomic E-state index is -0.667. The fourth-order valence-electron chi connectivity index (χ4n) is 3.71. The van der Waals surface area contributed by atoms with E-state index in [0.29, 0.717) is 25.0 Å². The van der Waals surface area contributed by atoms with E-state index in [-0.39, 0.29) is 11.8 Å². The van der Waals surface area contributed by atoms with Crippen LogP contribution in [0.4, 0.5) is 0 Å². The zero-order chi connectivity index (χ0) is 21.6. The number of carboxylic acids is 1. The molecule has 0 spiro atoms. The van der Waals surface area contributed by atoms with Crippen LogP contribution in [0.25, 0.3) is 0 Å². The molecule has 0 radical (unpaired) electrons. The topological polar surface area (TPSA) is 80.4 Å². The average molecular weight is 430 g/mol. The van der Waals surface area contributed by atoms with Gasteiger partial charge in [-0.2, -0.15) is 12.6 Å². The number of nitrogens with two attached hydrogens (primary N) is 1. The molecule has 0 aliphatic rings. The molecule has 172 valence electrons. The van der Waals surface area contributed by atoms with Gasteiger partial charge in [0.15, 0.2) is 0 Å². The van der Waals surface area contributed by atoms with Crippen molar-refractivity contribution in [1.82, 2.24) is 0 Å². The number of Topliss-reactive ketones (excluding diaryl/α,β-unsaturated/α-hetero) is 1. The molecular formula is C24H47NO3S. The van der Waals surface area contributed by atoms with Crippen LogP contribution in [0.1, 0.15) is 128 Å². The van der Waals surface area contributed by atoms with Crippen molar-refractivity contribution in [3.05, 3.63) is 0 Å². The van der Waals surface area contributed by atoms with Crippen molar-refractivity contribution in [1.29, 1.82) is 0 Å². The first-order valence-electron chi connectivity index (χ1n) is 12.2. The molecular weight excluding hydrogens is 382 g/mol. The van der Waals surface area contributed by atoms with E-state index >= 15 is 0 Å². The van der Waals surface area contributed by atoms with Gasteiger partial charge in [-0.05, 0) is 25.0 Å². The summed E-state index contributed by atoms with van der Waals surface area (Å²) in [6.45, 7) is 0. The number of thiol groups is 1. The molecule has 0 saturated carbocycles. The van der Waals surface area contributed by atoms with Gasteiger partial charge in [0.2, 0.25) is 0 Å². The fraction of sp³-hybridized carbons (Fsp3) is 0.917. The number of carbonyl (C=O) groups excluding carboxylic acids is 1. The Bertz CT molecular complexity index is 390. The molecule has 0 amide bonds. The number of carbonyl (C=O) groups is 2. The summed E-state index contributed by atoms with van der Waals surface area (Å²) in [6, 6.07) is -0.303. The quantitative estimate of drug-likeness (QED) is 0.125. The Labute approximate surface area is 185 Å². The Morgan fingerprint density at radius 1 is 0.621 bits per heavy atom. The molecule has 0 aromatic heterocycles. The van der Waals surface area contributed by atoms with Gasteiger partial charge >= 0.3 is 5.97 Å². The van der Waals surface area contributed by atoms with E-state index in [1.54, 1.807) is 0 Å². The number of ketones is 1. The van der Waals surface area contributed by atoms with Gasteiger partial charge in [-0.3, -0.25) is 9.59 Å². The molecule has 0 rings (SSSR count). The van der Waals surface area contributed by atoms with Crippen molar-refractivity contribution in [2.24, 2.45) is 5.73 Å². The maximum atomic E-state index is 11.7. The third kappa shape index (κ3) is 22.0. The van der Waals surface area contributed by atoms with E-state index in [0.717, 1.165) is 25.7 Å². The van der Waals surface area contributed by atoms with Crippen LogP contribution in [0, 0.1) is 0 Å². The second-order valence-electron chi connectivity index (χ2n) is 8.49. The average Bonchev–Trinajstić information content (AvgIpc) is 2.69. The summed E-state index contributed by atoms with van der Waals surface area (Å²) in [6.07, 6.45) is 22.8. The van der Waals surface area contributed by atoms with Crippen LogP contribution in [0.3, 0.4) is 0 Å². The second-order valence-corrected chi connectivity index (χ2v) is 8.94. The summed E-state index contributed by atoms with van der Waals surface area (Å²) in [4.78, 5) is 22.2. The third-order valence-electron chi connectivity index (χ3n) is 5.67. The molecule has 0 aromatic carbocycles. The van der Waals surface area contributed by atoms with E-state index in [1.807, 2.05) is 0 Å². The fourth-order valence-corrected chi connectivity index (χ4v) is 3.99. The van der Waals surface area contributed by atoms with E-state index in [1.165, 1.54) is 83.5 Å². The van der Waals surface area contributed by atoms with E-state index in [2.05, 4.69) is 12.6 Å². The molecule has 0 fully saturated rings. The third-order valence-corrected chi connectivity index (χ3v) is 5.93. The van der Waals surface area contributed by atoms with Gasteiger partial charge in [-0.1, -0.05) is 96.3 Å². The van der Waals surface area contributed by atoms with E-state index in [4.69, 9.17) is 10.8 Å². The molecule has 3 N–H and O–H groups in total. The van der Waals surface area contributed by atoms with Gasteiger partial charge in [0, 0.05) is 12.8 Å². The lowest BCUT2D eigenvalue weighted by Crippen LogP contribution is -2.30. The number of hydrogen-bond acceptors (Lipinski definition) is 4. The first-order chi connectivity index (χ1) is 14.1. The van der Waals surface area contributed by atoms with Crippen molar-refractivity contribution >= 4 is 24.4 Å². The Balaban J connectivity index is 3.13. The van der Waals surface area contributed by atoms with Crippen LogP contribution in [-0.4, -0.2) is 28.7 Å². The van der Waals surface area contributed by atoms with Gasteiger partial charge in [-0.15, -0.1) is 0 Å². The summed E-state index contributed by atoms with van der Waals surface area (Å²) in [5, 5.41) is 8.58. The first-order valence-corrected chi connectivity index (χ1v) is 12.8. The minimum absolute atomic E-state index is 0.204. The molecule has 0 aliphatic carbocycles. The van der Waals surface area contributed by atoms with Crippen molar-refractivity contribution in [3.8, 4) is 0 Å². The summed E-state index contributed by atoms with van der Waals surface area (Å²) < 4.78 is 0. The van der Waals surface area contributed by atoms with Crippen LogP contribution < -0.4 is 5.73 Å². The lowest BCUT2D eigenvalue weighted by atomic mass is 10.0. The highest BCUT2D eigenvalue weighted by molar-refractivity contribution is 7.80. The number of unbranched alkanes of at least 4 members (excludes halogenated alkanes) is 16. The van der Waals surface area contributed by atoms with Crippen LogP contribution in [0.2, 0.25) is 0 Å². The molecule has 29 heavy (non-hydrogen) atoms. The molecule has 0 saturated heterocycles. The Morgan fingerprint density at radius 2 is 0.931 bits per heavy atom. The summed E-state index contributed by atoms with van der Waals surface area (Å²) >= 11 is 4.12. The lowest BCUT2D eigenvalue weighted by Gasteiger charge is -2.08. The van der Waals surface area contributed by atoms with Gasteiger partial charge in [0.25, 0.3) is 0 Å².